The number of nitrogens with one attached hydrogen (secondary N) is 1. The van der Waals surface area contributed by atoms with Gasteiger partial charge in [-0.2, -0.15) is 0 Å². The normalized spacial score (nSPS) is 25.5. The van der Waals surface area contributed by atoms with E-state index in [2.05, 4.69) is 24.1 Å². The van der Waals surface area contributed by atoms with Gasteiger partial charge in [0.25, 0.3) is 0 Å². The summed E-state index contributed by atoms with van der Waals surface area (Å²) in [5.41, 5.74) is 0. The van der Waals surface area contributed by atoms with Crippen LogP contribution in [0, 0.1) is 0 Å². The van der Waals surface area contributed by atoms with Crippen LogP contribution in [-0.4, -0.2) is 50.3 Å². The molecule has 2 atom stereocenters. The molecule has 0 saturated carbocycles. The minimum atomic E-state index is 0.464. The molecule has 84 valence electrons. The van der Waals surface area contributed by atoms with E-state index in [1.54, 1.807) is 0 Å². The summed E-state index contributed by atoms with van der Waals surface area (Å²) in [6.07, 6.45) is 2.88. The summed E-state index contributed by atoms with van der Waals surface area (Å²) in [7, 11) is 1.82. The quantitative estimate of drug-likeness (QED) is 0.695. The van der Waals surface area contributed by atoms with Crippen molar-refractivity contribution in [3.63, 3.8) is 0 Å². The Kier molecular flexibility index (Phi) is 5.45. The first kappa shape index (κ1) is 12.0. The average molecular weight is 200 g/mol. The van der Waals surface area contributed by atoms with Crippen LogP contribution in [0.5, 0.6) is 0 Å². The zero-order chi connectivity index (χ0) is 10.4. The molecule has 3 heteroatoms. The predicted octanol–water partition coefficient (Wildman–Crippen LogP) is 1.10. The molecular formula is C11H24N2O. The van der Waals surface area contributed by atoms with Gasteiger partial charge in [0.05, 0.1) is 6.10 Å². The highest BCUT2D eigenvalue weighted by atomic mass is 16.5. The summed E-state index contributed by atoms with van der Waals surface area (Å²) in [6, 6.07) is 0.690. The van der Waals surface area contributed by atoms with Crippen molar-refractivity contribution in [2.45, 2.75) is 38.8 Å². The zero-order valence-electron chi connectivity index (χ0n) is 9.75. The molecule has 0 amide bonds. The Morgan fingerprint density at radius 1 is 1.50 bits per heavy atom. The van der Waals surface area contributed by atoms with Crippen molar-refractivity contribution < 1.29 is 4.74 Å². The van der Waals surface area contributed by atoms with Crippen LogP contribution >= 0.6 is 0 Å². The molecule has 0 radical (unpaired) electrons. The molecule has 0 aromatic carbocycles. The van der Waals surface area contributed by atoms with Gasteiger partial charge < -0.3 is 10.1 Å². The topological polar surface area (TPSA) is 24.5 Å². The highest BCUT2D eigenvalue weighted by Crippen LogP contribution is 2.16. The molecular weight excluding hydrogens is 176 g/mol. The molecule has 1 aliphatic rings. The van der Waals surface area contributed by atoms with Gasteiger partial charge in [-0.3, -0.25) is 4.90 Å². The Bertz CT molecular complexity index is 152. The summed E-state index contributed by atoms with van der Waals surface area (Å²) in [6.45, 7) is 8.92. The van der Waals surface area contributed by atoms with E-state index in [0.717, 1.165) is 19.6 Å². The number of ether oxygens (including phenoxy) is 1. The van der Waals surface area contributed by atoms with Gasteiger partial charge in [0, 0.05) is 32.8 Å². The Morgan fingerprint density at radius 3 is 2.79 bits per heavy atom. The van der Waals surface area contributed by atoms with Crippen molar-refractivity contribution in [2.24, 2.45) is 0 Å². The fourth-order valence-corrected chi connectivity index (χ4v) is 2.12. The largest absolute Gasteiger partial charge is 0.380 e. The number of likely N-dealkylation sites (tertiary alicyclic amines) is 1. The van der Waals surface area contributed by atoms with Gasteiger partial charge in [0.2, 0.25) is 0 Å². The van der Waals surface area contributed by atoms with Crippen molar-refractivity contribution in [3.05, 3.63) is 0 Å². The van der Waals surface area contributed by atoms with Crippen molar-refractivity contribution in [1.82, 2.24) is 10.2 Å². The van der Waals surface area contributed by atoms with Gasteiger partial charge in [-0.25, -0.2) is 0 Å². The molecule has 1 aliphatic heterocycles. The lowest BCUT2D eigenvalue weighted by molar-refractivity contribution is 0.100. The molecule has 1 heterocycles. The standard InChI is InChI=1S/C11H24N2O/c1-4-10(8-12-5-2)13-7-6-11(9-13)14-3/h10-12H,4-9H2,1-3H3. The van der Waals surface area contributed by atoms with E-state index < -0.39 is 0 Å². The van der Waals surface area contributed by atoms with Crippen LogP contribution in [0.3, 0.4) is 0 Å². The van der Waals surface area contributed by atoms with Crippen LogP contribution in [-0.2, 0) is 4.74 Å². The Morgan fingerprint density at radius 2 is 2.29 bits per heavy atom. The molecule has 0 aromatic heterocycles. The number of rotatable bonds is 6. The lowest BCUT2D eigenvalue weighted by Gasteiger charge is -2.26. The maximum absolute atomic E-state index is 5.38. The van der Waals surface area contributed by atoms with E-state index in [9.17, 15) is 0 Å². The molecule has 1 saturated heterocycles. The van der Waals surface area contributed by atoms with E-state index in [1.807, 2.05) is 7.11 Å². The second kappa shape index (κ2) is 6.38. The second-order valence-corrected chi connectivity index (χ2v) is 4.01. The second-order valence-electron chi connectivity index (χ2n) is 4.01. The van der Waals surface area contributed by atoms with E-state index in [1.165, 1.54) is 19.4 Å². The monoisotopic (exact) mass is 200 g/mol. The van der Waals surface area contributed by atoms with Crippen LogP contribution in [0.25, 0.3) is 0 Å². The smallest absolute Gasteiger partial charge is 0.0710 e. The zero-order valence-corrected chi connectivity index (χ0v) is 9.75. The van der Waals surface area contributed by atoms with Crippen LogP contribution < -0.4 is 5.32 Å². The molecule has 0 aliphatic carbocycles. The highest BCUT2D eigenvalue weighted by molar-refractivity contribution is 4.82. The van der Waals surface area contributed by atoms with E-state index in [4.69, 9.17) is 4.74 Å². The molecule has 0 bridgehead atoms. The summed E-state index contributed by atoms with van der Waals surface area (Å²) < 4.78 is 5.38. The Labute approximate surface area is 87.8 Å². The van der Waals surface area contributed by atoms with Crippen molar-refractivity contribution in [2.75, 3.05) is 33.3 Å². The lowest BCUT2D eigenvalue weighted by atomic mass is 10.2. The third kappa shape index (κ3) is 3.23. The van der Waals surface area contributed by atoms with Crippen LogP contribution in [0.2, 0.25) is 0 Å². The summed E-state index contributed by atoms with van der Waals surface area (Å²) in [5.74, 6) is 0. The third-order valence-electron chi connectivity index (χ3n) is 3.13. The van der Waals surface area contributed by atoms with E-state index >= 15 is 0 Å². The van der Waals surface area contributed by atoms with Gasteiger partial charge in [-0.1, -0.05) is 13.8 Å². The maximum atomic E-state index is 5.38. The fraction of sp³-hybridized carbons (Fsp3) is 1.00. The Hall–Kier alpha value is -0.120. The molecule has 1 fully saturated rings. The fourth-order valence-electron chi connectivity index (χ4n) is 2.12. The summed E-state index contributed by atoms with van der Waals surface area (Å²) in [5, 5.41) is 3.43. The van der Waals surface area contributed by atoms with E-state index in [-0.39, 0.29) is 0 Å². The van der Waals surface area contributed by atoms with Gasteiger partial charge in [-0.05, 0) is 19.4 Å². The van der Waals surface area contributed by atoms with Crippen molar-refractivity contribution in [1.29, 1.82) is 0 Å². The van der Waals surface area contributed by atoms with Crippen molar-refractivity contribution >= 4 is 0 Å². The summed E-state index contributed by atoms with van der Waals surface area (Å²) >= 11 is 0. The third-order valence-corrected chi connectivity index (χ3v) is 3.13. The number of likely N-dealkylation sites (N-methyl/N-ethyl adjacent to an activating group) is 1. The Balaban J connectivity index is 2.30. The number of hydrogen-bond acceptors (Lipinski definition) is 3. The molecule has 3 nitrogen and oxygen atoms in total. The van der Waals surface area contributed by atoms with Gasteiger partial charge in [-0.15, -0.1) is 0 Å². The van der Waals surface area contributed by atoms with Crippen LogP contribution in [0.1, 0.15) is 26.7 Å². The van der Waals surface area contributed by atoms with Crippen LogP contribution in [0.4, 0.5) is 0 Å². The average Bonchev–Trinajstić information content (AvgIpc) is 2.68. The molecule has 0 aromatic rings. The molecule has 0 spiro atoms. The molecule has 1 rings (SSSR count). The predicted molar refractivity (Wildman–Crippen MR) is 59.6 cm³/mol. The number of nitrogens with zero attached hydrogens (tertiary/aromatic N) is 1. The minimum Gasteiger partial charge on any atom is -0.380 e. The first-order valence-electron chi connectivity index (χ1n) is 5.79. The first-order chi connectivity index (χ1) is 6.81. The van der Waals surface area contributed by atoms with Crippen molar-refractivity contribution in [3.8, 4) is 0 Å². The highest BCUT2D eigenvalue weighted by Gasteiger charge is 2.26. The van der Waals surface area contributed by atoms with Gasteiger partial charge in [0.15, 0.2) is 0 Å². The summed E-state index contributed by atoms with van der Waals surface area (Å²) in [4.78, 5) is 2.55. The number of methoxy groups -OCH3 is 1. The van der Waals surface area contributed by atoms with Gasteiger partial charge >= 0.3 is 0 Å². The lowest BCUT2D eigenvalue weighted by Crippen LogP contribution is -2.41. The minimum absolute atomic E-state index is 0.464. The van der Waals surface area contributed by atoms with Crippen LogP contribution in [0.15, 0.2) is 0 Å². The van der Waals surface area contributed by atoms with Gasteiger partial charge in [0.1, 0.15) is 0 Å². The molecule has 14 heavy (non-hydrogen) atoms. The maximum Gasteiger partial charge on any atom is 0.0710 e. The molecule has 1 N–H and O–H groups in total. The van der Waals surface area contributed by atoms with E-state index in [0.29, 0.717) is 12.1 Å². The molecule has 2 unspecified atom stereocenters. The first-order valence-corrected chi connectivity index (χ1v) is 5.79. The number of hydrogen-bond donors (Lipinski definition) is 1. The SMILES string of the molecule is CCNCC(CC)N1CCC(OC)C1.